The van der Waals surface area contributed by atoms with Crippen molar-refractivity contribution in [3.8, 4) is 11.5 Å². The number of urea groups is 1. The minimum atomic E-state index is -3.57. The lowest BCUT2D eigenvalue weighted by Gasteiger charge is -2.18. The van der Waals surface area contributed by atoms with Crippen LogP contribution in [0.15, 0.2) is 53.4 Å². The Hall–Kier alpha value is -3.50. The number of nitrogens with one attached hydrogen (secondary N) is 2. The highest BCUT2D eigenvalue weighted by molar-refractivity contribution is 7.90. The molecule has 0 aliphatic carbocycles. The van der Waals surface area contributed by atoms with Crippen LogP contribution >= 0.6 is 11.6 Å². The van der Waals surface area contributed by atoms with Crippen molar-refractivity contribution >= 4 is 39.1 Å². The first-order valence-corrected chi connectivity index (χ1v) is 12.0. The van der Waals surface area contributed by atoms with Crippen LogP contribution in [0.4, 0.5) is 19.3 Å². The molecule has 0 fully saturated rings. The van der Waals surface area contributed by atoms with E-state index in [1.165, 1.54) is 18.2 Å². The van der Waals surface area contributed by atoms with Crippen LogP contribution in [0.3, 0.4) is 0 Å². The smallest absolute Gasteiger partial charge is 0.326 e. The quantitative estimate of drug-likeness (QED) is 0.481. The van der Waals surface area contributed by atoms with E-state index in [0.29, 0.717) is 11.1 Å². The molecule has 0 unspecified atom stereocenters. The molecule has 7 nitrogen and oxygen atoms in total. The Labute approximate surface area is 199 Å². The third-order valence-electron chi connectivity index (χ3n) is 4.78. The molecular formula is C23H19ClF2N2O5S. The zero-order valence-electron chi connectivity index (χ0n) is 18.2. The SMILES string of the molecule is Cc1cc(NC(=O)NC(=O)c2c(F)cccc2F)c(C)c(Cl)c1Oc1ccccc1S(C)(=O)=O. The first-order chi connectivity index (χ1) is 15.9. The van der Waals surface area contributed by atoms with E-state index in [9.17, 15) is 26.8 Å². The van der Waals surface area contributed by atoms with Gasteiger partial charge >= 0.3 is 6.03 Å². The van der Waals surface area contributed by atoms with Gasteiger partial charge in [-0.15, -0.1) is 0 Å². The molecule has 0 saturated heterocycles. The van der Waals surface area contributed by atoms with E-state index in [-0.39, 0.29) is 27.1 Å². The van der Waals surface area contributed by atoms with Gasteiger partial charge < -0.3 is 10.1 Å². The van der Waals surface area contributed by atoms with E-state index in [1.54, 1.807) is 26.0 Å². The van der Waals surface area contributed by atoms with Gasteiger partial charge in [0.15, 0.2) is 9.84 Å². The van der Waals surface area contributed by atoms with Crippen LogP contribution < -0.4 is 15.4 Å². The van der Waals surface area contributed by atoms with Crippen LogP contribution in [-0.2, 0) is 9.84 Å². The summed E-state index contributed by atoms with van der Waals surface area (Å²) in [5.74, 6) is -3.24. The van der Waals surface area contributed by atoms with Crippen LogP contribution in [-0.4, -0.2) is 26.6 Å². The van der Waals surface area contributed by atoms with Crippen LogP contribution in [0.25, 0.3) is 0 Å². The number of amides is 3. The summed E-state index contributed by atoms with van der Waals surface area (Å²) in [5.41, 5.74) is 0.0990. The maximum Gasteiger partial charge on any atom is 0.326 e. The number of hydrogen-bond acceptors (Lipinski definition) is 5. The lowest BCUT2D eigenvalue weighted by Crippen LogP contribution is -2.35. The number of imide groups is 1. The summed E-state index contributed by atoms with van der Waals surface area (Å²) in [7, 11) is -3.57. The number of halogens is 3. The second kappa shape index (κ2) is 9.78. The maximum absolute atomic E-state index is 13.8. The monoisotopic (exact) mass is 508 g/mol. The zero-order valence-corrected chi connectivity index (χ0v) is 19.8. The molecule has 0 saturated carbocycles. The molecular weight excluding hydrogens is 490 g/mol. The van der Waals surface area contributed by atoms with Crippen molar-refractivity contribution < 1.29 is 31.5 Å². The Morgan fingerprint density at radius 1 is 1.00 bits per heavy atom. The summed E-state index contributed by atoms with van der Waals surface area (Å²) in [6.07, 6.45) is 1.05. The summed E-state index contributed by atoms with van der Waals surface area (Å²) < 4.78 is 57.4. The van der Waals surface area contributed by atoms with Crippen molar-refractivity contribution in [3.05, 3.63) is 81.9 Å². The van der Waals surface area contributed by atoms with Gasteiger partial charge in [-0.05, 0) is 55.3 Å². The lowest BCUT2D eigenvalue weighted by molar-refractivity contribution is 0.0959. The van der Waals surface area contributed by atoms with Crippen LogP contribution in [0.2, 0.25) is 5.02 Å². The van der Waals surface area contributed by atoms with E-state index >= 15 is 0 Å². The van der Waals surface area contributed by atoms with Crippen molar-refractivity contribution in [1.29, 1.82) is 0 Å². The molecule has 0 atom stereocenters. The second-order valence-corrected chi connectivity index (χ2v) is 9.70. The summed E-state index contributed by atoms with van der Waals surface area (Å²) in [4.78, 5) is 24.4. The molecule has 0 aliphatic rings. The number of carbonyl (C=O) groups is 2. The van der Waals surface area contributed by atoms with E-state index in [4.69, 9.17) is 16.3 Å². The number of para-hydroxylation sites is 1. The second-order valence-electron chi connectivity index (χ2n) is 7.34. The van der Waals surface area contributed by atoms with Crippen molar-refractivity contribution in [2.75, 3.05) is 11.6 Å². The number of sulfone groups is 1. The number of hydrogen-bond donors (Lipinski definition) is 2. The summed E-state index contributed by atoms with van der Waals surface area (Å²) in [5, 5.41) is 4.36. The summed E-state index contributed by atoms with van der Waals surface area (Å²) in [6.45, 7) is 3.18. The van der Waals surface area contributed by atoms with E-state index < -0.39 is 39.0 Å². The molecule has 11 heteroatoms. The lowest BCUT2D eigenvalue weighted by atomic mass is 10.1. The Bertz CT molecular complexity index is 1390. The van der Waals surface area contributed by atoms with Crippen molar-refractivity contribution in [3.63, 3.8) is 0 Å². The average molecular weight is 509 g/mol. The van der Waals surface area contributed by atoms with Crippen LogP contribution in [0.1, 0.15) is 21.5 Å². The third-order valence-corrected chi connectivity index (χ3v) is 6.37. The van der Waals surface area contributed by atoms with Gasteiger partial charge in [-0.25, -0.2) is 22.0 Å². The van der Waals surface area contributed by atoms with Crippen LogP contribution in [0, 0.1) is 25.5 Å². The van der Waals surface area contributed by atoms with Crippen LogP contribution in [0.5, 0.6) is 11.5 Å². The van der Waals surface area contributed by atoms with Crippen molar-refractivity contribution in [2.45, 2.75) is 18.7 Å². The van der Waals surface area contributed by atoms with Crippen molar-refractivity contribution in [2.24, 2.45) is 0 Å². The average Bonchev–Trinajstić information content (AvgIpc) is 2.74. The largest absolute Gasteiger partial charge is 0.454 e. The highest BCUT2D eigenvalue weighted by Gasteiger charge is 2.22. The first kappa shape index (κ1) is 25.1. The van der Waals surface area contributed by atoms with E-state index in [2.05, 4.69) is 5.32 Å². The van der Waals surface area contributed by atoms with Gasteiger partial charge in [0.2, 0.25) is 0 Å². The molecule has 34 heavy (non-hydrogen) atoms. The highest BCUT2D eigenvalue weighted by atomic mass is 35.5. The molecule has 3 aromatic carbocycles. The number of rotatable bonds is 5. The normalized spacial score (nSPS) is 11.1. The van der Waals surface area contributed by atoms with Gasteiger partial charge in [0, 0.05) is 11.9 Å². The summed E-state index contributed by atoms with van der Waals surface area (Å²) >= 11 is 6.43. The standard InChI is InChI=1S/C23H19ClF2N2O5S/c1-12-11-16(27-23(30)28-22(29)19-14(25)7-6-8-15(19)26)13(2)20(24)21(12)33-17-9-4-5-10-18(17)34(3,31)32/h4-11H,1-3H3,(H2,27,28,29,30). The van der Waals surface area contributed by atoms with Gasteiger partial charge in [-0.2, -0.15) is 0 Å². The molecule has 2 N–H and O–H groups in total. The Morgan fingerprint density at radius 3 is 2.24 bits per heavy atom. The Kier molecular flexibility index (Phi) is 7.23. The fourth-order valence-electron chi connectivity index (χ4n) is 3.09. The number of benzene rings is 3. The van der Waals surface area contributed by atoms with Gasteiger partial charge in [-0.1, -0.05) is 29.8 Å². The minimum absolute atomic E-state index is 0.0245. The highest BCUT2D eigenvalue weighted by Crippen LogP contribution is 2.40. The molecule has 3 rings (SSSR count). The molecule has 0 bridgehead atoms. The molecule has 0 spiro atoms. The van der Waals surface area contributed by atoms with E-state index in [0.717, 1.165) is 24.5 Å². The van der Waals surface area contributed by atoms with Crippen molar-refractivity contribution in [1.82, 2.24) is 5.32 Å². The number of anilines is 1. The number of aryl methyl sites for hydroxylation is 1. The predicted octanol–water partition coefficient (Wildman–Crippen LogP) is 5.39. The van der Waals surface area contributed by atoms with E-state index in [1.807, 2.05) is 5.32 Å². The van der Waals surface area contributed by atoms with Gasteiger partial charge in [0.1, 0.15) is 33.6 Å². The molecule has 3 aromatic rings. The van der Waals surface area contributed by atoms with Gasteiger partial charge in [0.25, 0.3) is 5.91 Å². The van der Waals surface area contributed by atoms with Gasteiger partial charge in [0.05, 0.1) is 5.02 Å². The fourth-order valence-corrected chi connectivity index (χ4v) is 4.18. The molecule has 0 heterocycles. The molecule has 3 amide bonds. The maximum atomic E-state index is 13.8. The molecule has 0 radical (unpaired) electrons. The number of carbonyl (C=O) groups excluding carboxylic acids is 2. The third kappa shape index (κ3) is 5.35. The first-order valence-electron chi connectivity index (χ1n) is 9.73. The Balaban J connectivity index is 1.85. The number of ether oxygens (including phenoxy) is 1. The molecule has 178 valence electrons. The fraction of sp³-hybridized carbons (Fsp3) is 0.130. The predicted molar refractivity (Wildman–Crippen MR) is 123 cm³/mol. The summed E-state index contributed by atoms with van der Waals surface area (Å²) in [6, 6.07) is 9.38. The topological polar surface area (TPSA) is 102 Å². The van der Waals surface area contributed by atoms with Gasteiger partial charge in [-0.3, -0.25) is 10.1 Å². The Morgan fingerprint density at radius 2 is 1.62 bits per heavy atom. The zero-order chi connectivity index (χ0) is 25.2. The molecule has 0 aromatic heterocycles. The minimum Gasteiger partial charge on any atom is -0.454 e. The molecule has 0 aliphatic heterocycles.